The summed E-state index contributed by atoms with van der Waals surface area (Å²) in [4.78, 5) is 1.99. The van der Waals surface area contributed by atoms with E-state index in [0.717, 1.165) is 25.9 Å². The molecule has 11 heteroatoms. The Balaban J connectivity index is 1.69. The summed E-state index contributed by atoms with van der Waals surface area (Å²) in [6, 6.07) is 16.6. The predicted octanol–water partition coefficient (Wildman–Crippen LogP) is 4.55. The lowest BCUT2D eigenvalue weighted by atomic mass is 10.2. The van der Waals surface area contributed by atoms with Crippen molar-refractivity contribution in [3.63, 3.8) is 0 Å². The van der Waals surface area contributed by atoms with Crippen LogP contribution in [0.4, 0.5) is 17.1 Å². The fraction of sp³-hybridized carbons (Fsp3) is 0.217. The number of benzene rings is 3. The third-order valence-electron chi connectivity index (χ3n) is 5.44. The molecule has 0 spiro atoms. The Labute approximate surface area is 204 Å². The van der Waals surface area contributed by atoms with Crippen LogP contribution < -0.4 is 19.1 Å². The number of nitrogens with zero attached hydrogens (tertiary/aromatic N) is 1. The zero-order valence-electron chi connectivity index (χ0n) is 18.4. The molecule has 0 saturated carbocycles. The summed E-state index contributed by atoms with van der Waals surface area (Å²) in [5, 5.41) is 0.411. The summed E-state index contributed by atoms with van der Waals surface area (Å²) in [6.07, 6.45) is 1.95. The Hall–Kier alpha value is -2.95. The van der Waals surface area contributed by atoms with Crippen molar-refractivity contribution in [1.82, 2.24) is 0 Å². The van der Waals surface area contributed by atoms with Crippen molar-refractivity contribution in [2.45, 2.75) is 22.6 Å². The number of anilines is 3. The van der Waals surface area contributed by atoms with Crippen LogP contribution in [0, 0.1) is 0 Å². The average molecular weight is 522 g/mol. The first kappa shape index (κ1) is 24.2. The van der Waals surface area contributed by atoms with Crippen LogP contribution in [0.5, 0.6) is 5.75 Å². The minimum Gasteiger partial charge on any atom is -0.497 e. The second-order valence-electron chi connectivity index (χ2n) is 7.77. The minimum atomic E-state index is -3.98. The van der Waals surface area contributed by atoms with E-state index >= 15 is 0 Å². The Morgan fingerprint density at radius 1 is 0.794 bits per heavy atom. The maximum atomic E-state index is 13.1. The van der Waals surface area contributed by atoms with E-state index in [0.29, 0.717) is 22.1 Å². The molecule has 0 unspecified atom stereocenters. The number of halogens is 1. The van der Waals surface area contributed by atoms with Crippen molar-refractivity contribution < 1.29 is 21.6 Å². The number of hydrogen-bond donors (Lipinski definition) is 2. The molecule has 1 heterocycles. The lowest BCUT2D eigenvalue weighted by Crippen LogP contribution is -2.22. The van der Waals surface area contributed by atoms with Gasteiger partial charge in [0.05, 0.1) is 28.3 Å². The van der Waals surface area contributed by atoms with E-state index in [1.807, 2.05) is 4.90 Å². The molecule has 1 aliphatic rings. The van der Waals surface area contributed by atoms with Gasteiger partial charge in [0, 0.05) is 23.8 Å². The quantitative estimate of drug-likeness (QED) is 0.450. The smallest absolute Gasteiger partial charge is 0.261 e. The molecular weight excluding hydrogens is 498 g/mol. The van der Waals surface area contributed by atoms with Gasteiger partial charge in [-0.15, -0.1) is 0 Å². The molecule has 0 radical (unpaired) electrons. The highest BCUT2D eigenvalue weighted by Gasteiger charge is 2.24. The van der Waals surface area contributed by atoms with Crippen LogP contribution in [0.3, 0.4) is 0 Å². The number of rotatable bonds is 8. The van der Waals surface area contributed by atoms with Crippen LogP contribution in [0.15, 0.2) is 76.5 Å². The Kier molecular flexibility index (Phi) is 6.92. The standard InChI is InChI=1S/C23H24ClN3O5S2/c1-32-19-8-6-18(7-9-19)25-34(30,31)21-12-13-23(27-14-2-3-15-27)22(16-21)26-33(28,29)20-10-4-17(24)5-11-20/h4-13,16,25-26H,2-3,14-15H2,1H3. The molecule has 4 rings (SSSR count). The lowest BCUT2D eigenvalue weighted by Gasteiger charge is -2.23. The topological polar surface area (TPSA) is 105 Å². The normalized spacial score (nSPS) is 14.1. The van der Waals surface area contributed by atoms with E-state index in [-0.39, 0.29) is 15.5 Å². The molecule has 0 aromatic heterocycles. The van der Waals surface area contributed by atoms with Crippen molar-refractivity contribution in [2.24, 2.45) is 0 Å². The van der Waals surface area contributed by atoms with E-state index in [9.17, 15) is 16.8 Å². The molecule has 3 aromatic rings. The fourth-order valence-corrected chi connectivity index (χ4v) is 5.96. The van der Waals surface area contributed by atoms with E-state index in [1.54, 1.807) is 30.3 Å². The molecule has 0 bridgehead atoms. The molecule has 0 atom stereocenters. The van der Waals surface area contributed by atoms with E-state index < -0.39 is 20.0 Å². The van der Waals surface area contributed by atoms with Crippen molar-refractivity contribution >= 4 is 48.7 Å². The van der Waals surface area contributed by atoms with Crippen molar-refractivity contribution in [1.29, 1.82) is 0 Å². The maximum Gasteiger partial charge on any atom is 0.261 e. The van der Waals surface area contributed by atoms with Crippen LogP contribution in [0.1, 0.15) is 12.8 Å². The van der Waals surface area contributed by atoms with Gasteiger partial charge in [0.25, 0.3) is 20.0 Å². The molecule has 0 aliphatic carbocycles. The maximum absolute atomic E-state index is 13.1. The van der Waals surface area contributed by atoms with E-state index in [1.165, 1.54) is 43.5 Å². The van der Waals surface area contributed by atoms with Gasteiger partial charge in [-0.05, 0) is 79.6 Å². The van der Waals surface area contributed by atoms with Crippen molar-refractivity contribution in [3.05, 3.63) is 71.8 Å². The van der Waals surface area contributed by atoms with E-state index in [4.69, 9.17) is 16.3 Å². The number of hydrogen-bond acceptors (Lipinski definition) is 6. The first-order valence-corrected chi connectivity index (χ1v) is 13.9. The van der Waals surface area contributed by atoms with Crippen LogP contribution in [-0.4, -0.2) is 37.0 Å². The summed E-state index contributed by atoms with van der Waals surface area (Å²) in [7, 11) is -6.44. The highest BCUT2D eigenvalue weighted by molar-refractivity contribution is 7.93. The molecule has 34 heavy (non-hydrogen) atoms. The summed E-state index contributed by atoms with van der Waals surface area (Å²) in [6.45, 7) is 1.51. The van der Waals surface area contributed by atoms with E-state index in [2.05, 4.69) is 9.44 Å². The number of ether oxygens (including phenoxy) is 1. The van der Waals surface area contributed by atoms with Gasteiger partial charge in [0.15, 0.2) is 0 Å². The van der Waals surface area contributed by atoms with Crippen LogP contribution >= 0.6 is 11.6 Å². The predicted molar refractivity (Wildman–Crippen MR) is 134 cm³/mol. The van der Waals surface area contributed by atoms with Gasteiger partial charge in [-0.1, -0.05) is 11.6 Å². The largest absolute Gasteiger partial charge is 0.497 e. The second-order valence-corrected chi connectivity index (χ2v) is 11.6. The van der Waals surface area contributed by atoms with Gasteiger partial charge < -0.3 is 9.64 Å². The Morgan fingerprint density at radius 2 is 1.38 bits per heavy atom. The lowest BCUT2D eigenvalue weighted by molar-refractivity contribution is 0.415. The zero-order chi connectivity index (χ0) is 24.3. The summed E-state index contributed by atoms with van der Waals surface area (Å²) in [5.41, 5.74) is 1.17. The highest BCUT2D eigenvalue weighted by atomic mass is 35.5. The third kappa shape index (κ3) is 5.40. The Bertz CT molecular complexity index is 1370. The van der Waals surface area contributed by atoms with Gasteiger partial charge in [0.2, 0.25) is 0 Å². The van der Waals surface area contributed by atoms with Gasteiger partial charge in [0.1, 0.15) is 5.75 Å². The first-order chi connectivity index (χ1) is 16.2. The van der Waals surface area contributed by atoms with Crippen molar-refractivity contribution in [3.8, 4) is 5.75 Å². The monoisotopic (exact) mass is 521 g/mol. The molecule has 1 fully saturated rings. The average Bonchev–Trinajstić information content (AvgIpc) is 3.34. The van der Waals surface area contributed by atoms with Crippen LogP contribution in [0.2, 0.25) is 5.02 Å². The molecule has 2 N–H and O–H groups in total. The molecule has 8 nitrogen and oxygen atoms in total. The van der Waals surface area contributed by atoms with Gasteiger partial charge in [-0.2, -0.15) is 0 Å². The SMILES string of the molecule is COc1ccc(NS(=O)(=O)c2ccc(N3CCCC3)c(NS(=O)(=O)c3ccc(Cl)cc3)c2)cc1. The second kappa shape index (κ2) is 9.73. The molecule has 3 aromatic carbocycles. The van der Waals surface area contributed by atoms with Crippen LogP contribution in [-0.2, 0) is 20.0 Å². The van der Waals surface area contributed by atoms with Crippen LogP contribution in [0.25, 0.3) is 0 Å². The Morgan fingerprint density at radius 3 is 2.00 bits per heavy atom. The number of methoxy groups -OCH3 is 1. The molecule has 180 valence electrons. The molecule has 1 saturated heterocycles. The van der Waals surface area contributed by atoms with Gasteiger partial charge in [-0.3, -0.25) is 9.44 Å². The van der Waals surface area contributed by atoms with Gasteiger partial charge in [-0.25, -0.2) is 16.8 Å². The molecular formula is C23H24ClN3O5S2. The first-order valence-electron chi connectivity index (χ1n) is 10.5. The van der Waals surface area contributed by atoms with Crippen molar-refractivity contribution in [2.75, 3.05) is 34.5 Å². The molecule has 0 amide bonds. The fourth-order valence-electron chi connectivity index (χ4n) is 3.69. The summed E-state index contributed by atoms with van der Waals surface area (Å²) < 4.78 is 62.4. The molecule has 1 aliphatic heterocycles. The number of sulfonamides is 2. The zero-order valence-corrected chi connectivity index (χ0v) is 20.8. The minimum absolute atomic E-state index is 0.0221. The third-order valence-corrected chi connectivity index (χ3v) is 8.45. The number of nitrogens with one attached hydrogen (secondary N) is 2. The van der Waals surface area contributed by atoms with Gasteiger partial charge >= 0.3 is 0 Å². The highest BCUT2D eigenvalue weighted by Crippen LogP contribution is 2.33. The summed E-state index contributed by atoms with van der Waals surface area (Å²) in [5.74, 6) is 0.594. The summed E-state index contributed by atoms with van der Waals surface area (Å²) >= 11 is 5.89.